The molecule has 9 rings (SSSR count). The SMILES string of the molecule is CCN(CC)C(=O)Nc1ccc(C[C@@H](NC(=O)[C@H](Cc2ccc(CN3CCOCC3)cc2)NC(=O)[C@H](CO)NC(=O)[C@@H](Cc2ccccc2)NC(=O)C(Cc2ccc(Cl)cc2)N2C(=O)NC(Cc3ccc4ccccc4c3)C2=O)C(=O)N[C@@H](CC(C)C)C(=O)N[C@@H](CCCNC(=N)N)C(=O)N2CCC[C@H]2C(=O)N[C@H](C)C(N)=O)cc1. The minimum absolute atomic E-state index is 0.0108. The van der Waals surface area contributed by atoms with Crippen molar-refractivity contribution in [3.05, 3.63) is 184 Å². The van der Waals surface area contributed by atoms with E-state index in [1.165, 1.54) is 11.8 Å². The van der Waals surface area contributed by atoms with E-state index in [0.29, 0.717) is 85.3 Å². The maximum atomic E-state index is 15.5. The summed E-state index contributed by atoms with van der Waals surface area (Å²) in [5.41, 5.74) is 15.1. The third-order valence-electron chi connectivity index (χ3n) is 20.5. The van der Waals surface area contributed by atoms with Gasteiger partial charge in [0.15, 0.2) is 5.96 Å². The number of fused-ring (bicyclic) bond motifs is 1. The number of amides is 14. The molecule has 3 aliphatic heterocycles. The second-order valence-corrected chi connectivity index (χ2v) is 30.0. The molecule has 0 spiro atoms. The van der Waals surface area contributed by atoms with Crippen molar-refractivity contribution in [1.82, 2.24) is 67.5 Å². The van der Waals surface area contributed by atoms with Crippen molar-refractivity contribution in [1.29, 1.82) is 5.41 Å². The highest BCUT2D eigenvalue weighted by molar-refractivity contribution is 6.30. The zero-order valence-electron chi connectivity index (χ0n) is 65.4. The molecule has 10 atom stereocenters. The summed E-state index contributed by atoms with van der Waals surface area (Å²) in [5, 5.41) is 48.6. The Morgan fingerprint density at radius 2 is 1.11 bits per heavy atom. The van der Waals surface area contributed by atoms with Crippen molar-refractivity contribution in [3.63, 3.8) is 0 Å². The fourth-order valence-electron chi connectivity index (χ4n) is 14.1. The molecular formula is C83H106ClN17O14. The van der Waals surface area contributed by atoms with Crippen LogP contribution < -0.4 is 64.6 Å². The number of urea groups is 2. The van der Waals surface area contributed by atoms with Gasteiger partial charge in [0.1, 0.15) is 60.4 Å². The summed E-state index contributed by atoms with van der Waals surface area (Å²) >= 11 is 6.29. The van der Waals surface area contributed by atoms with Crippen LogP contribution in [0.25, 0.3) is 10.8 Å². The van der Waals surface area contributed by atoms with Crippen molar-refractivity contribution < 1.29 is 67.4 Å². The number of nitrogens with one attached hydrogen (secondary N) is 11. The Labute approximate surface area is 673 Å². The predicted octanol–water partition coefficient (Wildman–Crippen LogP) is 3.19. The Bertz CT molecular complexity index is 4400. The van der Waals surface area contributed by atoms with Crippen molar-refractivity contribution >= 4 is 105 Å². The minimum Gasteiger partial charge on any atom is -0.394 e. The van der Waals surface area contributed by atoms with E-state index >= 15 is 24.0 Å². The number of hydrogen-bond acceptors (Lipinski definition) is 16. The van der Waals surface area contributed by atoms with E-state index in [0.717, 1.165) is 26.8 Å². The quantitative estimate of drug-likeness (QED) is 0.0114. The molecule has 614 valence electrons. The van der Waals surface area contributed by atoms with Crippen LogP contribution in [-0.2, 0) is 91.3 Å². The Hall–Kier alpha value is -11.5. The number of morpholine rings is 1. The molecule has 3 saturated heterocycles. The Kier molecular flexibility index (Phi) is 32.3. The van der Waals surface area contributed by atoms with Gasteiger partial charge in [-0.15, -0.1) is 0 Å². The highest BCUT2D eigenvalue weighted by Crippen LogP contribution is 2.25. The monoisotopic (exact) mass is 1600 g/mol. The average Bonchev–Trinajstić information content (AvgIpc) is 1.66. The fraction of sp³-hybridized carbons (Fsp3) is 0.434. The molecule has 6 aromatic carbocycles. The van der Waals surface area contributed by atoms with E-state index in [-0.39, 0.29) is 88.8 Å². The molecule has 32 heteroatoms. The number of anilines is 1. The number of ether oxygens (including phenoxy) is 1. The Morgan fingerprint density at radius 1 is 0.600 bits per heavy atom. The Morgan fingerprint density at radius 3 is 1.70 bits per heavy atom. The molecule has 0 aliphatic carbocycles. The zero-order chi connectivity index (χ0) is 82.8. The summed E-state index contributed by atoms with van der Waals surface area (Å²) < 4.78 is 5.56. The number of aliphatic hydroxyl groups is 1. The molecule has 0 aromatic heterocycles. The normalized spacial score (nSPS) is 16.9. The molecule has 3 heterocycles. The van der Waals surface area contributed by atoms with Gasteiger partial charge >= 0.3 is 12.1 Å². The van der Waals surface area contributed by atoms with Crippen LogP contribution in [0.2, 0.25) is 5.02 Å². The van der Waals surface area contributed by atoms with Gasteiger partial charge in [-0.2, -0.15) is 0 Å². The molecule has 3 aliphatic rings. The van der Waals surface area contributed by atoms with Crippen LogP contribution in [0.1, 0.15) is 100 Å². The number of hydrogen-bond donors (Lipinski definition) is 14. The molecule has 2 unspecified atom stereocenters. The van der Waals surface area contributed by atoms with Crippen molar-refractivity contribution in [2.75, 3.05) is 64.4 Å². The van der Waals surface area contributed by atoms with Gasteiger partial charge < -0.3 is 84.3 Å². The molecule has 14 amide bonds. The van der Waals surface area contributed by atoms with Gasteiger partial charge in [-0.1, -0.05) is 147 Å². The number of halogens is 1. The highest BCUT2D eigenvalue weighted by Gasteiger charge is 2.46. The van der Waals surface area contributed by atoms with Crippen molar-refractivity contribution in [3.8, 4) is 0 Å². The molecule has 0 radical (unpaired) electrons. The number of rotatable bonds is 39. The van der Waals surface area contributed by atoms with Crippen molar-refractivity contribution in [2.24, 2.45) is 17.4 Å². The number of nitrogens with zero attached hydrogens (tertiary/aromatic N) is 4. The van der Waals surface area contributed by atoms with Gasteiger partial charge in [0, 0.05) is 88.6 Å². The number of guanidine groups is 1. The topological polar surface area (TPSA) is 443 Å². The minimum atomic E-state index is -1.84. The van der Waals surface area contributed by atoms with Crippen LogP contribution in [0.5, 0.6) is 0 Å². The summed E-state index contributed by atoms with van der Waals surface area (Å²) in [6.07, 6.45) is -0.0529. The highest BCUT2D eigenvalue weighted by atomic mass is 35.5. The van der Waals surface area contributed by atoms with Gasteiger partial charge in [-0.05, 0) is 127 Å². The van der Waals surface area contributed by atoms with E-state index in [4.69, 9.17) is 33.2 Å². The molecule has 0 saturated carbocycles. The lowest BCUT2D eigenvalue weighted by Crippen LogP contribution is -2.61. The zero-order valence-corrected chi connectivity index (χ0v) is 66.2. The number of aliphatic hydroxyl groups excluding tert-OH is 1. The molecular weight excluding hydrogens is 1490 g/mol. The first-order chi connectivity index (χ1) is 55.2. The molecule has 31 nitrogen and oxygen atoms in total. The van der Waals surface area contributed by atoms with E-state index < -0.39 is 132 Å². The first kappa shape index (κ1) is 87.4. The summed E-state index contributed by atoms with van der Waals surface area (Å²) in [6, 6.07) is 26.9. The number of carbonyl (C=O) groups is 12. The van der Waals surface area contributed by atoms with Crippen LogP contribution in [0.15, 0.2) is 146 Å². The number of likely N-dealkylation sites (tertiary alicyclic amines) is 1. The molecule has 3 fully saturated rings. The lowest BCUT2D eigenvalue weighted by atomic mass is 9.99. The van der Waals surface area contributed by atoms with Crippen LogP contribution in [0.3, 0.4) is 0 Å². The largest absolute Gasteiger partial charge is 0.394 e. The van der Waals surface area contributed by atoms with Crippen LogP contribution in [-0.4, -0.2) is 221 Å². The van der Waals surface area contributed by atoms with Gasteiger partial charge in [0.05, 0.1) is 19.8 Å². The summed E-state index contributed by atoms with van der Waals surface area (Å²) in [7, 11) is 0. The third-order valence-corrected chi connectivity index (χ3v) is 20.7. The van der Waals surface area contributed by atoms with Crippen LogP contribution in [0, 0.1) is 11.3 Å². The first-order valence-electron chi connectivity index (χ1n) is 39.0. The molecule has 0 bridgehead atoms. The number of carbonyl (C=O) groups excluding carboxylic acids is 12. The lowest BCUT2D eigenvalue weighted by molar-refractivity contribution is -0.142. The molecule has 115 heavy (non-hydrogen) atoms. The predicted molar refractivity (Wildman–Crippen MR) is 433 cm³/mol. The maximum absolute atomic E-state index is 15.5. The summed E-state index contributed by atoms with van der Waals surface area (Å²) in [4.78, 5) is 179. The Balaban J connectivity index is 1.01. The van der Waals surface area contributed by atoms with E-state index in [1.54, 1.807) is 110 Å². The van der Waals surface area contributed by atoms with Gasteiger partial charge in [-0.25, -0.2) is 14.5 Å². The second kappa shape index (κ2) is 42.5. The number of primary amides is 1. The van der Waals surface area contributed by atoms with Crippen LogP contribution in [0.4, 0.5) is 15.3 Å². The lowest BCUT2D eigenvalue weighted by Gasteiger charge is -2.31. The second-order valence-electron chi connectivity index (χ2n) is 29.5. The number of imide groups is 1. The smallest absolute Gasteiger partial charge is 0.325 e. The standard InChI is InChI=1S/C83H106ClN17O14/c1-6-99(7-2)82(113)90-61-33-28-54(29-34-61)45-64(73(105)92-63(41-50(3)4)72(104)91-62(19-13-35-88-81(86)87)79(111)100-36-14-20-69(100)77(109)89-51(5)71(85)103)93-74(106)65(44-53-21-23-56(24-22-53)48-98-37-39-115-40-38-98)94-76(108)68(49-102)96-75(107)66(43-52-15-9-8-10-16-52)95-78(110)70(47-55-26-31-60(84)32-27-55)101-80(112)67(97-83(101)114)46-57-25-30-58-17-11-12-18-59(58)42-57/h8-12,15-18,21-34,42,50-51,62-70,102H,6-7,13-14,19-20,35-41,43-49H2,1-5H3,(H2,85,103)(H,89,109)(H,90,113)(H,91,104)(H,92,105)(H,93,106)(H,94,108)(H,95,110)(H,96,107)(H,97,114)(H4,86,87,88)/t51-,62+,63+,64-,65+,66-,67?,68+,69+,70?/m1/s1. The van der Waals surface area contributed by atoms with E-state index in [9.17, 15) is 38.7 Å². The van der Waals surface area contributed by atoms with E-state index in [1.807, 2.05) is 68.4 Å². The van der Waals surface area contributed by atoms with Gasteiger partial charge in [-0.3, -0.25) is 58.3 Å². The van der Waals surface area contributed by atoms with E-state index in [2.05, 4.69) is 58.1 Å². The maximum Gasteiger partial charge on any atom is 0.325 e. The van der Waals surface area contributed by atoms with Gasteiger partial charge in [0.2, 0.25) is 53.2 Å². The summed E-state index contributed by atoms with van der Waals surface area (Å²) in [6.45, 7) is 11.8. The first-order valence-corrected chi connectivity index (χ1v) is 39.4. The fourth-order valence-corrected chi connectivity index (χ4v) is 14.2. The number of nitrogens with two attached hydrogens (primary N) is 2. The third kappa shape index (κ3) is 25.5. The van der Waals surface area contributed by atoms with Crippen molar-refractivity contribution in [2.45, 2.75) is 166 Å². The number of benzene rings is 6. The van der Waals surface area contributed by atoms with Crippen LogP contribution >= 0.6 is 11.6 Å². The van der Waals surface area contributed by atoms with Gasteiger partial charge in [0.25, 0.3) is 5.91 Å². The summed E-state index contributed by atoms with van der Waals surface area (Å²) in [5.74, 6) is -9.01. The average molecular weight is 1600 g/mol. The molecule has 6 aromatic rings. The molecule has 16 N–H and O–H groups in total.